The quantitative estimate of drug-likeness (QED) is 0.282. The molecular weight excluding hydrogens is 300 g/mol. The van der Waals surface area contributed by atoms with E-state index >= 15 is 0 Å². The van der Waals surface area contributed by atoms with Crippen LogP contribution in [0.2, 0.25) is 0 Å². The van der Waals surface area contributed by atoms with Crippen LogP contribution in [0.4, 0.5) is 0 Å². The third-order valence-corrected chi connectivity index (χ3v) is 5.32. The maximum absolute atomic E-state index is 9.27. The Morgan fingerprint density at radius 3 is 1.04 bits per heavy atom. The molecule has 0 unspecified atom stereocenters. The van der Waals surface area contributed by atoms with Crippen molar-refractivity contribution in [2.75, 3.05) is 19.8 Å². The van der Waals surface area contributed by atoms with Crippen molar-refractivity contribution in [1.29, 1.82) is 0 Å². The first-order valence-electron chi connectivity index (χ1n) is 10.6. The van der Waals surface area contributed by atoms with Crippen molar-refractivity contribution in [3.05, 3.63) is 0 Å². The SMILES string of the molecule is CCCCCCCCCCCCCCCCCC(CO)(CO)CO. The number of rotatable bonds is 19. The van der Waals surface area contributed by atoms with Crippen LogP contribution < -0.4 is 0 Å². The molecule has 0 rings (SSSR count). The molecule has 24 heavy (non-hydrogen) atoms. The maximum Gasteiger partial charge on any atom is 0.0531 e. The van der Waals surface area contributed by atoms with Crippen molar-refractivity contribution in [2.24, 2.45) is 5.41 Å². The van der Waals surface area contributed by atoms with Crippen LogP contribution in [0.1, 0.15) is 110 Å². The summed E-state index contributed by atoms with van der Waals surface area (Å²) in [6, 6.07) is 0. The smallest absolute Gasteiger partial charge is 0.0531 e. The number of aliphatic hydroxyl groups is 3. The molecule has 0 heterocycles. The molecule has 0 aliphatic rings. The number of hydrogen-bond donors (Lipinski definition) is 3. The Morgan fingerprint density at radius 2 is 0.750 bits per heavy atom. The molecule has 0 aromatic heterocycles. The number of unbranched alkanes of at least 4 members (excludes halogenated alkanes) is 14. The summed E-state index contributed by atoms with van der Waals surface area (Å²) in [7, 11) is 0. The Kier molecular flexibility index (Phi) is 17.6. The fourth-order valence-corrected chi connectivity index (χ4v) is 3.26. The van der Waals surface area contributed by atoms with Gasteiger partial charge in [-0.1, -0.05) is 103 Å². The van der Waals surface area contributed by atoms with Gasteiger partial charge in [-0.25, -0.2) is 0 Å². The zero-order valence-corrected chi connectivity index (χ0v) is 16.3. The first-order valence-corrected chi connectivity index (χ1v) is 10.6. The molecule has 0 aliphatic carbocycles. The van der Waals surface area contributed by atoms with Gasteiger partial charge in [0.25, 0.3) is 0 Å². The first-order chi connectivity index (χ1) is 11.7. The average Bonchev–Trinajstić information content (AvgIpc) is 2.62. The van der Waals surface area contributed by atoms with Crippen LogP contribution in [0.5, 0.6) is 0 Å². The zero-order valence-electron chi connectivity index (χ0n) is 16.3. The third-order valence-electron chi connectivity index (χ3n) is 5.32. The fourth-order valence-electron chi connectivity index (χ4n) is 3.26. The Labute approximate surface area is 150 Å². The molecule has 146 valence electrons. The van der Waals surface area contributed by atoms with Crippen molar-refractivity contribution in [1.82, 2.24) is 0 Å². The van der Waals surface area contributed by atoms with Crippen LogP contribution in [0.25, 0.3) is 0 Å². The van der Waals surface area contributed by atoms with Gasteiger partial charge < -0.3 is 15.3 Å². The molecule has 0 spiro atoms. The normalized spacial score (nSPS) is 12.0. The predicted molar refractivity (Wildman–Crippen MR) is 103 cm³/mol. The molecule has 0 aliphatic heterocycles. The molecule has 0 amide bonds. The van der Waals surface area contributed by atoms with E-state index in [4.69, 9.17) is 0 Å². The Hall–Kier alpha value is -0.120. The van der Waals surface area contributed by atoms with Gasteiger partial charge in [0.1, 0.15) is 0 Å². The first kappa shape index (κ1) is 23.9. The van der Waals surface area contributed by atoms with Gasteiger partial charge in [0, 0.05) is 5.41 Å². The highest BCUT2D eigenvalue weighted by Gasteiger charge is 2.26. The highest BCUT2D eigenvalue weighted by Crippen LogP contribution is 2.24. The van der Waals surface area contributed by atoms with E-state index in [1.54, 1.807) is 0 Å². The summed E-state index contributed by atoms with van der Waals surface area (Å²) in [5, 5.41) is 27.8. The molecule has 3 N–H and O–H groups in total. The van der Waals surface area contributed by atoms with Gasteiger partial charge in [-0.05, 0) is 6.42 Å². The lowest BCUT2D eigenvalue weighted by atomic mass is 9.85. The summed E-state index contributed by atoms with van der Waals surface area (Å²) in [5.41, 5.74) is -0.670. The van der Waals surface area contributed by atoms with Crippen LogP contribution in [-0.4, -0.2) is 35.1 Å². The van der Waals surface area contributed by atoms with Crippen molar-refractivity contribution in [2.45, 2.75) is 110 Å². The van der Waals surface area contributed by atoms with E-state index in [0.29, 0.717) is 0 Å². The van der Waals surface area contributed by atoms with Crippen molar-refractivity contribution in [3.63, 3.8) is 0 Å². The van der Waals surface area contributed by atoms with Gasteiger partial charge in [-0.2, -0.15) is 0 Å². The van der Waals surface area contributed by atoms with E-state index in [1.165, 1.54) is 83.5 Å². The Morgan fingerprint density at radius 1 is 0.458 bits per heavy atom. The number of aliphatic hydroxyl groups excluding tert-OH is 3. The van der Waals surface area contributed by atoms with Gasteiger partial charge in [0.15, 0.2) is 0 Å². The summed E-state index contributed by atoms with van der Waals surface area (Å²) in [5.74, 6) is 0. The topological polar surface area (TPSA) is 60.7 Å². The monoisotopic (exact) mass is 344 g/mol. The molecule has 0 bridgehead atoms. The molecule has 0 aromatic carbocycles. The molecule has 0 aromatic rings. The Bertz CT molecular complexity index is 231. The van der Waals surface area contributed by atoms with Gasteiger partial charge in [0.2, 0.25) is 0 Å². The lowest BCUT2D eigenvalue weighted by Gasteiger charge is -2.27. The summed E-state index contributed by atoms with van der Waals surface area (Å²) in [6.45, 7) is 1.89. The van der Waals surface area contributed by atoms with Gasteiger partial charge in [-0.3, -0.25) is 0 Å². The van der Waals surface area contributed by atoms with Crippen LogP contribution in [0.15, 0.2) is 0 Å². The maximum atomic E-state index is 9.27. The van der Waals surface area contributed by atoms with E-state index < -0.39 is 5.41 Å². The van der Waals surface area contributed by atoms with Crippen molar-refractivity contribution >= 4 is 0 Å². The van der Waals surface area contributed by atoms with Crippen LogP contribution >= 0.6 is 0 Å². The van der Waals surface area contributed by atoms with Gasteiger partial charge >= 0.3 is 0 Å². The molecule has 0 saturated heterocycles. The minimum absolute atomic E-state index is 0.126. The highest BCUT2D eigenvalue weighted by atomic mass is 16.3. The van der Waals surface area contributed by atoms with Gasteiger partial charge in [0.05, 0.1) is 19.8 Å². The fraction of sp³-hybridized carbons (Fsp3) is 1.00. The Balaban J connectivity index is 3.23. The van der Waals surface area contributed by atoms with Gasteiger partial charge in [-0.15, -0.1) is 0 Å². The third kappa shape index (κ3) is 13.2. The van der Waals surface area contributed by atoms with Crippen LogP contribution in [0.3, 0.4) is 0 Å². The molecule has 0 saturated carbocycles. The molecule has 3 nitrogen and oxygen atoms in total. The summed E-state index contributed by atoms with van der Waals surface area (Å²) in [6.07, 6.45) is 20.7. The molecule has 3 heteroatoms. The van der Waals surface area contributed by atoms with Crippen LogP contribution in [-0.2, 0) is 0 Å². The summed E-state index contributed by atoms with van der Waals surface area (Å²) in [4.78, 5) is 0. The van der Waals surface area contributed by atoms with E-state index in [-0.39, 0.29) is 19.8 Å². The molecule has 0 atom stereocenters. The van der Waals surface area contributed by atoms with E-state index in [2.05, 4.69) is 6.92 Å². The summed E-state index contributed by atoms with van der Waals surface area (Å²) < 4.78 is 0. The second-order valence-corrected chi connectivity index (χ2v) is 7.67. The lowest BCUT2D eigenvalue weighted by molar-refractivity contribution is -0.00230. The van der Waals surface area contributed by atoms with Crippen molar-refractivity contribution in [3.8, 4) is 0 Å². The summed E-state index contributed by atoms with van der Waals surface area (Å²) >= 11 is 0. The molecule has 0 fully saturated rings. The number of hydrogen-bond acceptors (Lipinski definition) is 3. The average molecular weight is 345 g/mol. The van der Waals surface area contributed by atoms with E-state index in [1.807, 2.05) is 0 Å². The molecular formula is C21H44O3. The standard InChI is InChI=1S/C21H44O3/c1-2-3-4-5-6-7-8-9-10-11-12-13-14-15-16-17-21(18-22,19-23)20-24/h22-24H,2-20H2,1H3. The zero-order chi connectivity index (χ0) is 17.9. The highest BCUT2D eigenvalue weighted by molar-refractivity contribution is 4.76. The minimum Gasteiger partial charge on any atom is -0.396 e. The predicted octanol–water partition coefficient (Wildman–Crippen LogP) is 5.21. The largest absolute Gasteiger partial charge is 0.396 e. The van der Waals surface area contributed by atoms with E-state index in [0.717, 1.165) is 19.3 Å². The van der Waals surface area contributed by atoms with Crippen molar-refractivity contribution < 1.29 is 15.3 Å². The minimum atomic E-state index is -0.670. The molecule has 0 radical (unpaired) electrons. The van der Waals surface area contributed by atoms with E-state index in [9.17, 15) is 15.3 Å². The second kappa shape index (κ2) is 17.7. The van der Waals surface area contributed by atoms with Crippen LogP contribution in [0, 0.1) is 5.41 Å². The second-order valence-electron chi connectivity index (χ2n) is 7.67. The lowest BCUT2D eigenvalue weighted by Crippen LogP contribution is -2.33.